The second-order valence-electron chi connectivity index (χ2n) is 4.18. The number of aliphatic hydroxyl groups is 1. The summed E-state index contributed by atoms with van der Waals surface area (Å²) in [4.78, 5) is 2.17. The molecule has 0 aromatic heterocycles. The molecule has 0 radical (unpaired) electrons. The van der Waals surface area contributed by atoms with E-state index in [0.717, 1.165) is 25.1 Å². The first-order valence-electron chi connectivity index (χ1n) is 5.45. The fourth-order valence-electron chi connectivity index (χ4n) is 2.05. The average Bonchev–Trinajstić information content (AvgIpc) is 2.64. The van der Waals surface area contributed by atoms with Crippen LogP contribution in [0.15, 0.2) is 18.2 Å². The topological polar surface area (TPSA) is 52.9 Å². The van der Waals surface area contributed by atoms with Gasteiger partial charge in [-0.2, -0.15) is 0 Å². The Morgan fingerprint density at radius 1 is 1.50 bits per heavy atom. The Kier molecular flexibility index (Phi) is 3.31. The molecule has 0 bridgehead atoms. The number of ether oxygens (including phenoxy) is 1. The highest BCUT2D eigenvalue weighted by Crippen LogP contribution is 2.27. The van der Waals surface area contributed by atoms with Gasteiger partial charge in [-0.3, -0.25) is 4.90 Å². The van der Waals surface area contributed by atoms with Crippen molar-refractivity contribution in [2.45, 2.75) is 19.1 Å². The van der Waals surface area contributed by atoms with Gasteiger partial charge in [0.2, 0.25) is 0 Å². The lowest BCUT2D eigenvalue weighted by Crippen LogP contribution is -2.21. The van der Waals surface area contributed by atoms with Crippen LogP contribution in [0.4, 0.5) is 0 Å². The molecule has 0 aliphatic carbocycles. The normalized spacial score (nSPS) is 21.2. The van der Waals surface area contributed by atoms with E-state index in [9.17, 15) is 10.2 Å². The van der Waals surface area contributed by atoms with Crippen molar-refractivity contribution in [2.24, 2.45) is 0 Å². The van der Waals surface area contributed by atoms with E-state index in [1.807, 2.05) is 6.07 Å². The fourth-order valence-corrected chi connectivity index (χ4v) is 2.05. The summed E-state index contributed by atoms with van der Waals surface area (Å²) in [7, 11) is 1.53. The Labute approximate surface area is 95.1 Å². The number of nitrogens with zero attached hydrogens (tertiary/aromatic N) is 1. The highest BCUT2D eigenvalue weighted by molar-refractivity contribution is 5.41. The molecule has 0 amide bonds. The van der Waals surface area contributed by atoms with Crippen molar-refractivity contribution < 1.29 is 14.9 Å². The third-order valence-electron chi connectivity index (χ3n) is 2.90. The molecule has 1 aromatic rings. The van der Waals surface area contributed by atoms with Crippen molar-refractivity contribution in [3.63, 3.8) is 0 Å². The summed E-state index contributed by atoms with van der Waals surface area (Å²) < 4.78 is 4.98. The lowest BCUT2D eigenvalue weighted by Gasteiger charge is -2.15. The first-order chi connectivity index (χ1) is 7.69. The molecular formula is C12H17NO3. The Morgan fingerprint density at radius 3 is 2.88 bits per heavy atom. The second-order valence-corrected chi connectivity index (χ2v) is 4.18. The van der Waals surface area contributed by atoms with E-state index in [1.165, 1.54) is 7.11 Å². The fraction of sp³-hybridized carbons (Fsp3) is 0.500. The van der Waals surface area contributed by atoms with Crippen LogP contribution >= 0.6 is 0 Å². The first-order valence-corrected chi connectivity index (χ1v) is 5.45. The minimum Gasteiger partial charge on any atom is -0.504 e. The standard InChI is InChI=1S/C12H17NO3/c1-16-12-3-2-9(6-11(12)15)7-13-5-4-10(14)8-13/h2-3,6,10,14-15H,4-5,7-8H2,1H3/t10-/m1/s1. The van der Waals surface area contributed by atoms with Gasteiger partial charge in [-0.15, -0.1) is 0 Å². The summed E-state index contributed by atoms with van der Waals surface area (Å²) in [6.45, 7) is 2.38. The smallest absolute Gasteiger partial charge is 0.160 e. The van der Waals surface area contributed by atoms with E-state index in [2.05, 4.69) is 4.90 Å². The zero-order valence-electron chi connectivity index (χ0n) is 9.39. The van der Waals surface area contributed by atoms with Crippen molar-refractivity contribution in [1.29, 1.82) is 0 Å². The number of aromatic hydroxyl groups is 1. The number of benzene rings is 1. The number of β-amino-alcohol motifs (C(OH)–C–C–N with tert-alkyl or cyclic N) is 1. The number of likely N-dealkylation sites (tertiary alicyclic amines) is 1. The molecule has 1 aliphatic rings. The Bertz CT molecular complexity index is 367. The molecule has 2 rings (SSSR count). The van der Waals surface area contributed by atoms with Gasteiger partial charge in [0.15, 0.2) is 11.5 Å². The van der Waals surface area contributed by atoms with Crippen LogP contribution in [-0.2, 0) is 6.54 Å². The van der Waals surface area contributed by atoms with Gasteiger partial charge in [0, 0.05) is 19.6 Å². The van der Waals surface area contributed by atoms with Crippen molar-refractivity contribution >= 4 is 0 Å². The Hall–Kier alpha value is -1.26. The van der Waals surface area contributed by atoms with E-state index in [-0.39, 0.29) is 11.9 Å². The van der Waals surface area contributed by atoms with E-state index >= 15 is 0 Å². The second kappa shape index (κ2) is 4.72. The number of methoxy groups -OCH3 is 1. The SMILES string of the molecule is COc1ccc(CN2CC[C@@H](O)C2)cc1O. The molecule has 0 spiro atoms. The van der Waals surface area contributed by atoms with Crippen LogP contribution in [0, 0.1) is 0 Å². The molecule has 0 saturated carbocycles. The van der Waals surface area contributed by atoms with Crippen LogP contribution in [0.5, 0.6) is 11.5 Å². The van der Waals surface area contributed by atoms with Gasteiger partial charge in [-0.05, 0) is 24.1 Å². The van der Waals surface area contributed by atoms with Crippen molar-refractivity contribution in [3.05, 3.63) is 23.8 Å². The number of phenolic OH excluding ortho intramolecular Hbond substituents is 1. The number of hydrogen-bond donors (Lipinski definition) is 2. The van der Waals surface area contributed by atoms with E-state index in [1.54, 1.807) is 12.1 Å². The minimum atomic E-state index is -0.202. The van der Waals surface area contributed by atoms with Crippen LogP contribution in [-0.4, -0.2) is 41.4 Å². The molecule has 4 nitrogen and oxygen atoms in total. The lowest BCUT2D eigenvalue weighted by atomic mass is 10.2. The molecule has 88 valence electrons. The Balaban J connectivity index is 2.02. The summed E-state index contributed by atoms with van der Waals surface area (Å²) >= 11 is 0. The van der Waals surface area contributed by atoms with Gasteiger partial charge in [0.1, 0.15) is 0 Å². The largest absolute Gasteiger partial charge is 0.504 e. The highest BCUT2D eigenvalue weighted by Gasteiger charge is 2.20. The quantitative estimate of drug-likeness (QED) is 0.801. The molecule has 1 saturated heterocycles. The zero-order valence-corrected chi connectivity index (χ0v) is 9.39. The maximum Gasteiger partial charge on any atom is 0.160 e. The average molecular weight is 223 g/mol. The predicted molar refractivity (Wildman–Crippen MR) is 60.6 cm³/mol. The summed E-state index contributed by atoms with van der Waals surface area (Å²) in [6.07, 6.45) is 0.633. The highest BCUT2D eigenvalue weighted by atomic mass is 16.5. The van der Waals surface area contributed by atoms with E-state index in [0.29, 0.717) is 12.3 Å². The van der Waals surface area contributed by atoms with Crippen molar-refractivity contribution in [2.75, 3.05) is 20.2 Å². The number of phenols is 1. The summed E-state index contributed by atoms with van der Waals surface area (Å²) in [5.74, 6) is 0.657. The van der Waals surface area contributed by atoms with Crippen LogP contribution in [0.2, 0.25) is 0 Å². The number of rotatable bonds is 3. The summed E-state index contributed by atoms with van der Waals surface area (Å²) in [5.41, 5.74) is 1.03. The zero-order chi connectivity index (χ0) is 11.5. The third kappa shape index (κ3) is 2.46. The van der Waals surface area contributed by atoms with Crippen LogP contribution < -0.4 is 4.74 Å². The van der Waals surface area contributed by atoms with E-state index in [4.69, 9.17) is 4.74 Å². The third-order valence-corrected chi connectivity index (χ3v) is 2.90. The van der Waals surface area contributed by atoms with Gasteiger partial charge in [-0.1, -0.05) is 6.07 Å². The van der Waals surface area contributed by atoms with Crippen LogP contribution in [0.1, 0.15) is 12.0 Å². The van der Waals surface area contributed by atoms with Crippen LogP contribution in [0.3, 0.4) is 0 Å². The monoisotopic (exact) mass is 223 g/mol. The van der Waals surface area contributed by atoms with Gasteiger partial charge >= 0.3 is 0 Å². The number of aliphatic hydroxyl groups excluding tert-OH is 1. The van der Waals surface area contributed by atoms with Gasteiger partial charge < -0.3 is 14.9 Å². The van der Waals surface area contributed by atoms with Gasteiger partial charge in [-0.25, -0.2) is 0 Å². The molecule has 1 aliphatic heterocycles. The lowest BCUT2D eigenvalue weighted by molar-refractivity contribution is 0.175. The molecule has 1 aromatic carbocycles. The summed E-state index contributed by atoms with van der Waals surface area (Å²) in [6, 6.07) is 5.41. The Morgan fingerprint density at radius 2 is 2.31 bits per heavy atom. The first kappa shape index (κ1) is 11.2. The molecule has 2 N–H and O–H groups in total. The molecule has 1 atom stereocenters. The number of hydrogen-bond acceptors (Lipinski definition) is 4. The molecular weight excluding hydrogens is 206 g/mol. The van der Waals surface area contributed by atoms with Crippen molar-refractivity contribution in [3.8, 4) is 11.5 Å². The predicted octanol–water partition coefficient (Wildman–Crippen LogP) is 0.967. The molecule has 16 heavy (non-hydrogen) atoms. The summed E-state index contributed by atoms with van der Waals surface area (Å²) in [5, 5.41) is 19.0. The van der Waals surface area contributed by atoms with Gasteiger partial charge in [0.05, 0.1) is 13.2 Å². The molecule has 4 heteroatoms. The molecule has 1 heterocycles. The molecule has 1 fully saturated rings. The van der Waals surface area contributed by atoms with Gasteiger partial charge in [0.25, 0.3) is 0 Å². The maximum absolute atomic E-state index is 9.62. The minimum absolute atomic E-state index is 0.166. The van der Waals surface area contributed by atoms with E-state index < -0.39 is 0 Å². The molecule has 0 unspecified atom stereocenters. The van der Waals surface area contributed by atoms with Crippen molar-refractivity contribution in [1.82, 2.24) is 4.90 Å². The van der Waals surface area contributed by atoms with Crippen LogP contribution in [0.25, 0.3) is 0 Å². The maximum atomic E-state index is 9.62.